The number of nitrogens with zero attached hydrogens (tertiary/aromatic N) is 2. The van der Waals surface area contributed by atoms with Crippen molar-refractivity contribution in [2.75, 3.05) is 37.6 Å². The van der Waals surface area contributed by atoms with Gasteiger partial charge in [-0.15, -0.1) is 0 Å². The molecule has 1 atom stereocenters. The third-order valence-corrected chi connectivity index (χ3v) is 4.67. The number of halogens is 2. The second-order valence-electron chi connectivity index (χ2n) is 6.58. The average Bonchev–Trinajstić information content (AvgIpc) is 3.31. The summed E-state index contributed by atoms with van der Waals surface area (Å²) in [4.78, 5) is 16.1. The average molecular weight is 323 g/mol. The van der Waals surface area contributed by atoms with E-state index < -0.39 is 11.6 Å². The zero-order valence-corrected chi connectivity index (χ0v) is 13.4. The van der Waals surface area contributed by atoms with E-state index in [0.717, 1.165) is 6.07 Å². The van der Waals surface area contributed by atoms with Crippen molar-refractivity contribution in [3.8, 4) is 0 Å². The summed E-state index contributed by atoms with van der Waals surface area (Å²) in [5.41, 5.74) is 0.564. The Hall–Kier alpha value is -1.69. The maximum Gasteiger partial charge on any atom is 0.234 e. The second-order valence-corrected chi connectivity index (χ2v) is 6.58. The Morgan fingerprint density at radius 3 is 2.35 bits per heavy atom. The molecule has 2 aliphatic rings. The summed E-state index contributed by atoms with van der Waals surface area (Å²) >= 11 is 0. The summed E-state index contributed by atoms with van der Waals surface area (Å²) in [7, 11) is 0. The molecule has 1 aromatic carbocycles. The van der Waals surface area contributed by atoms with Gasteiger partial charge in [0.2, 0.25) is 5.91 Å². The van der Waals surface area contributed by atoms with Gasteiger partial charge in [-0.3, -0.25) is 9.69 Å². The number of nitrogens with one attached hydrogen (secondary N) is 1. The molecule has 0 unspecified atom stereocenters. The van der Waals surface area contributed by atoms with E-state index in [4.69, 9.17) is 0 Å². The van der Waals surface area contributed by atoms with Crippen LogP contribution in [0.4, 0.5) is 14.5 Å². The lowest BCUT2D eigenvalue weighted by atomic mass is 10.2. The van der Waals surface area contributed by atoms with Gasteiger partial charge in [-0.2, -0.15) is 0 Å². The van der Waals surface area contributed by atoms with E-state index in [2.05, 4.69) is 17.1 Å². The van der Waals surface area contributed by atoms with E-state index in [1.807, 2.05) is 4.90 Å². The molecule has 1 aliphatic heterocycles. The number of anilines is 1. The number of rotatable bonds is 5. The first-order valence-corrected chi connectivity index (χ1v) is 8.24. The quantitative estimate of drug-likeness (QED) is 0.900. The summed E-state index contributed by atoms with van der Waals surface area (Å²) in [5.74, 6) is -0.403. The second kappa shape index (κ2) is 6.83. The predicted octanol–water partition coefficient (Wildman–Crippen LogP) is 2.00. The lowest BCUT2D eigenvalue weighted by Gasteiger charge is -2.35. The van der Waals surface area contributed by atoms with Gasteiger partial charge in [-0.1, -0.05) is 0 Å². The van der Waals surface area contributed by atoms with E-state index >= 15 is 0 Å². The molecule has 4 nitrogen and oxygen atoms in total. The monoisotopic (exact) mass is 323 g/mol. The Kier molecular flexibility index (Phi) is 4.80. The van der Waals surface area contributed by atoms with Gasteiger partial charge in [-0.25, -0.2) is 8.78 Å². The van der Waals surface area contributed by atoms with Gasteiger partial charge in [-0.05, 0) is 37.8 Å². The molecule has 0 aromatic heterocycles. The molecular formula is C17H23F2N3O. The van der Waals surface area contributed by atoms with E-state index in [9.17, 15) is 13.6 Å². The summed E-state index contributed by atoms with van der Waals surface area (Å²) in [6.07, 6.45) is 2.43. The van der Waals surface area contributed by atoms with Gasteiger partial charge in [0.05, 0.1) is 6.54 Å². The topological polar surface area (TPSA) is 35.6 Å². The Balaban J connectivity index is 1.47. The minimum absolute atomic E-state index is 0.0645. The fourth-order valence-electron chi connectivity index (χ4n) is 3.10. The third-order valence-electron chi connectivity index (χ3n) is 4.67. The highest BCUT2D eigenvalue weighted by Gasteiger charge is 2.29. The van der Waals surface area contributed by atoms with Crippen LogP contribution >= 0.6 is 0 Å². The lowest BCUT2D eigenvalue weighted by Crippen LogP contribution is -2.50. The van der Waals surface area contributed by atoms with Crippen LogP contribution in [0.5, 0.6) is 0 Å². The molecule has 0 bridgehead atoms. The van der Waals surface area contributed by atoms with Gasteiger partial charge in [0.1, 0.15) is 11.6 Å². The first-order valence-electron chi connectivity index (χ1n) is 8.24. The van der Waals surface area contributed by atoms with Crippen molar-refractivity contribution >= 4 is 11.6 Å². The molecule has 1 saturated heterocycles. The summed E-state index contributed by atoms with van der Waals surface area (Å²) in [6.45, 7) is 5.20. The highest BCUT2D eigenvalue weighted by atomic mass is 19.1. The number of carbonyl (C=O) groups is 1. The number of benzene rings is 1. The maximum atomic E-state index is 13.3. The molecule has 1 N–H and O–H groups in total. The van der Waals surface area contributed by atoms with Crippen molar-refractivity contribution in [2.45, 2.75) is 25.8 Å². The number of carbonyl (C=O) groups excluding carboxylic acids is 1. The summed E-state index contributed by atoms with van der Waals surface area (Å²) < 4.78 is 26.6. The van der Waals surface area contributed by atoms with Crippen molar-refractivity contribution in [1.82, 2.24) is 10.2 Å². The van der Waals surface area contributed by atoms with Crippen LogP contribution in [0, 0.1) is 17.6 Å². The molecule has 2 fully saturated rings. The van der Waals surface area contributed by atoms with Gasteiger partial charge >= 0.3 is 0 Å². The SMILES string of the molecule is C[C@@H](NC(=O)CN1CCN(c2cc(F)cc(F)c2)CC1)C1CC1. The third kappa shape index (κ3) is 4.41. The zero-order chi connectivity index (χ0) is 16.4. The number of piperazine rings is 1. The summed E-state index contributed by atoms with van der Waals surface area (Å²) in [5, 5.41) is 3.05. The van der Waals surface area contributed by atoms with Crippen LogP contribution in [-0.2, 0) is 4.79 Å². The van der Waals surface area contributed by atoms with E-state index in [-0.39, 0.29) is 11.9 Å². The van der Waals surface area contributed by atoms with Crippen molar-refractivity contribution < 1.29 is 13.6 Å². The molecule has 23 heavy (non-hydrogen) atoms. The number of hydrogen-bond donors (Lipinski definition) is 1. The highest BCUT2D eigenvalue weighted by Crippen LogP contribution is 2.32. The fraction of sp³-hybridized carbons (Fsp3) is 0.588. The van der Waals surface area contributed by atoms with Crippen molar-refractivity contribution in [2.24, 2.45) is 5.92 Å². The van der Waals surface area contributed by atoms with Gasteiger partial charge < -0.3 is 10.2 Å². The Labute approximate surface area is 135 Å². The van der Waals surface area contributed by atoms with Crippen molar-refractivity contribution in [3.05, 3.63) is 29.8 Å². The molecule has 6 heteroatoms. The number of amides is 1. The lowest BCUT2D eigenvalue weighted by molar-refractivity contribution is -0.123. The van der Waals surface area contributed by atoms with E-state index in [1.54, 1.807) is 0 Å². The van der Waals surface area contributed by atoms with Crippen LogP contribution in [0.3, 0.4) is 0 Å². The molecule has 1 aliphatic carbocycles. The normalized spacial score (nSPS) is 20.4. The molecule has 0 spiro atoms. The van der Waals surface area contributed by atoms with Crippen LogP contribution in [0.2, 0.25) is 0 Å². The Morgan fingerprint density at radius 2 is 1.78 bits per heavy atom. The molecule has 1 heterocycles. The van der Waals surface area contributed by atoms with Crippen LogP contribution in [0.1, 0.15) is 19.8 Å². The van der Waals surface area contributed by atoms with Crippen LogP contribution in [0.15, 0.2) is 18.2 Å². The Morgan fingerprint density at radius 1 is 1.17 bits per heavy atom. The largest absolute Gasteiger partial charge is 0.369 e. The first-order chi connectivity index (χ1) is 11.0. The van der Waals surface area contributed by atoms with Gasteiger partial charge in [0.25, 0.3) is 0 Å². The van der Waals surface area contributed by atoms with Crippen molar-refractivity contribution in [1.29, 1.82) is 0 Å². The standard InChI is InChI=1S/C17H23F2N3O/c1-12(13-2-3-13)20-17(23)11-21-4-6-22(7-5-21)16-9-14(18)8-15(19)10-16/h8-10,12-13H,2-7,11H2,1H3,(H,20,23)/t12-/m1/s1. The van der Waals surface area contributed by atoms with Crippen LogP contribution in [-0.4, -0.2) is 49.6 Å². The molecule has 1 amide bonds. The van der Waals surface area contributed by atoms with Crippen LogP contribution < -0.4 is 10.2 Å². The minimum Gasteiger partial charge on any atom is -0.369 e. The zero-order valence-electron chi connectivity index (χ0n) is 13.4. The van der Waals surface area contributed by atoms with Gasteiger partial charge in [0.15, 0.2) is 0 Å². The molecular weight excluding hydrogens is 300 g/mol. The molecule has 3 rings (SSSR count). The predicted molar refractivity (Wildman–Crippen MR) is 85.3 cm³/mol. The van der Waals surface area contributed by atoms with Crippen molar-refractivity contribution in [3.63, 3.8) is 0 Å². The number of hydrogen-bond acceptors (Lipinski definition) is 3. The molecule has 126 valence electrons. The summed E-state index contributed by atoms with van der Waals surface area (Å²) in [6, 6.07) is 3.84. The maximum absolute atomic E-state index is 13.3. The van der Waals surface area contributed by atoms with E-state index in [0.29, 0.717) is 44.3 Å². The fourth-order valence-corrected chi connectivity index (χ4v) is 3.10. The minimum atomic E-state index is -0.559. The van der Waals surface area contributed by atoms with Gasteiger partial charge in [0, 0.05) is 44.0 Å². The smallest absolute Gasteiger partial charge is 0.234 e. The van der Waals surface area contributed by atoms with Crippen LogP contribution in [0.25, 0.3) is 0 Å². The molecule has 1 aromatic rings. The Bertz CT molecular complexity index is 549. The molecule has 0 radical (unpaired) electrons. The highest BCUT2D eigenvalue weighted by molar-refractivity contribution is 5.78. The molecule has 1 saturated carbocycles. The first kappa shape index (κ1) is 16.2. The van der Waals surface area contributed by atoms with E-state index in [1.165, 1.54) is 25.0 Å².